The van der Waals surface area contributed by atoms with E-state index in [1.807, 2.05) is 5.32 Å². The lowest BCUT2D eigenvalue weighted by Crippen LogP contribution is -2.65. The van der Waals surface area contributed by atoms with Gasteiger partial charge in [-0.25, -0.2) is 9.36 Å². The molecule has 2 heterocycles. The van der Waals surface area contributed by atoms with E-state index >= 15 is 0 Å². The Kier molecular flexibility index (Phi) is 4.60. The Morgan fingerprint density at radius 2 is 2.14 bits per heavy atom. The number of amides is 3. The summed E-state index contributed by atoms with van der Waals surface area (Å²) < 4.78 is 20.2. The van der Waals surface area contributed by atoms with Gasteiger partial charge in [-0.1, -0.05) is 0 Å². The maximum Gasteiger partial charge on any atom is 0.469 e. The Labute approximate surface area is 125 Å². The molecular formula is C10H17N2O9P. The van der Waals surface area contributed by atoms with Crippen LogP contribution in [-0.4, -0.2) is 74.0 Å². The Morgan fingerprint density at radius 3 is 2.73 bits per heavy atom. The summed E-state index contributed by atoms with van der Waals surface area (Å²) >= 11 is 0. The standard InChI is InChI=1S/C10H17N2O9P/c1-10(16)4-12(9(15)11-8(10)14)7-2-5(13)6(21-7)3-20-22(17,18)19/h5-7,13,16H,2-4H2,1H3,(H,11,14,15)(H2,17,18,19). The average Bonchev–Trinajstić information content (AvgIpc) is 2.72. The highest BCUT2D eigenvalue weighted by Crippen LogP contribution is 2.37. The molecule has 12 heteroatoms. The molecular weight excluding hydrogens is 323 g/mol. The number of nitrogens with one attached hydrogen (secondary N) is 1. The highest BCUT2D eigenvalue weighted by molar-refractivity contribution is 7.46. The molecule has 0 aromatic rings. The van der Waals surface area contributed by atoms with Crippen molar-refractivity contribution >= 4 is 19.8 Å². The van der Waals surface area contributed by atoms with Crippen molar-refractivity contribution in [1.82, 2.24) is 10.2 Å². The van der Waals surface area contributed by atoms with E-state index in [0.29, 0.717) is 0 Å². The number of phosphoric acid groups is 1. The van der Waals surface area contributed by atoms with E-state index in [9.17, 15) is 24.4 Å². The van der Waals surface area contributed by atoms with Gasteiger partial charge in [0.15, 0.2) is 5.60 Å². The SMILES string of the molecule is CC1(O)CN(C2CC(O)C(COP(=O)(O)O)O2)C(=O)NC1=O. The van der Waals surface area contributed by atoms with Crippen LogP contribution in [0, 0.1) is 0 Å². The van der Waals surface area contributed by atoms with E-state index in [0.717, 1.165) is 4.90 Å². The lowest BCUT2D eigenvalue weighted by atomic mass is 10.0. The number of hydrogen-bond donors (Lipinski definition) is 5. The zero-order valence-electron chi connectivity index (χ0n) is 11.6. The number of rotatable bonds is 4. The fourth-order valence-electron chi connectivity index (χ4n) is 2.24. The van der Waals surface area contributed by atoms with Crippen molar-refractivity contribution in [2.45, 2.75) is 37.4 Å². The topological polar surface area (TPSA) is 166 Å². The number of β-amino-alcohol motifs (C(OH)–C–C–N with tert-alkyl or cyclic N) is 1. The smallest absolute Gasteiger partial charge is 0.390 e. The van der Waals surface area contributed by atoms with E-state index in [2.05, 4.69) is 4.52 Å². The number of hydrogen-bond acceptors (Lipinski definition) is 7. The lowest BCUT2D eigenvalue weighted by molar-refractivity contribution is -0.147. The first-order chi connectivity index (χ1) is 9.99. The van der Waals surface area contributed by atoms with Crippen molar-refractivity contribution in [2.75, 3.05) is 13.2 Å². The minimum absolute atomic E-state index is 0.0487. The molecule has 2 rings (SSSR count). The molecule has 0 aromatic carbocycles. The number of urea groups is 1. The van der Waals surface area contributed by atoms with Crippen molar-refractivity contribution in [3.8, 4) is 0 Å². The van der Waals surface area contributed by atoms with Gasteiger partial charge in [0.25, 0.3) is 5.91 Å². The molecule has 4 unspecified atom stereocenters. The number of carbonyl (C=O) groups excluding carboxylic acids is 2. The fraction of sp³-hybridized carbons (Fsp3) is 0.800. The van der Waals surface area contributed by atoms with Gasteiger partial charge in [-0.3, -0.25) is 19.5 Å². The molecule has 5 N–H and O–H groups in total. The molecule has 2 aliphatic rings. The third-order valence-corrected chi connectivity index (χ3v) is 3.89. The van der Waals surface area contributed by atoms with Crippen LogP contribution < -0.4 is 5.32 Å². The molecule has 22 heavy (non-hydrogen) atoms. The summed E-state index contributed by atoms with van der Waals surface area (Å²) in [5.74, 6) is -0.839. The minimum atomic E-state index is -4.71. The molecule has 2 saturated heterocycles. The average molecular weight is 340 g/mol. The zero-order chi connectivity index (χ0) is 16.7. The number of carbonyl (C=O) groups is 2. The van der Waals surface area contributed by atoms with E-state index < -0.39 is 50.4 Å². The number of ether oxygens (including phenoxy) is 1. The van der Waals surface area contributed by atoms with E-state index in [-0.39, 0.29) is 13.0 Å². The molecule has 0 aromatic heterocycles. The molecule has 0 bridgehead atoms. The highest BCUT2D eigenvalue weighted by Gasteiger charge is 2.47. The first kappa shape index (κ1) is 17.3. The summed E-state index contributed by atoms with van der Waals surface area (Å²) in [6, 6.07) is -0.787. The summed E-state index contributed by atoms with van der Waals surface area (Å²) in [4.78, 5) is 41.5. The van der Waals surface area contributed by atoms with Crippen LogP contribution in [0.4, 0.5) is 4.79 Å². The number of aliphatic hydroxyl groups excluding tert-OH is 1. The molecule has 0 aliphatic carbocycles. The first-order valence-electron chi connectivity index (χ1n) is 6.37. The van der Waals surface area contributed by atoms with Crippen molar-refractivity contribution in [2.24, 2.45) is 0 Å². The predicted molar refractivity (Wildman–Crippen MR) is 68.1 cm³/mol. The number of aliphatic hydroxyl groups is 2. The monoisotopic (exact) mass is 340 g/mol. The lowest BCUT2D eigenvalue weighted by Gasteiger charge is -2.38. The van der Waals surface area contributed by atoms with Gasteiger partial charge in [0, 0.05) is 6.42 Å². The van der Waals surface area contributed by atoms with Gasteiger partial charge in [-0.05, 0) is 6.92 Å². The summed E-state index contributed by atoms with van der Waals surface area (Å²) in [5, 5.41) is 21.7. The number of nitrogens with zero attached hydrogens (tertiary/aromatic N) is 1. The third kappa shape index (κ3) is 3.82. The van der Waals surface area contributed by atoms with Crippen LogP contribution in [0.1, 0.15) is 13.3 Å². The second-order valence-corrected chi connectivity index (χ2v) is 6.62. The van der Waals surface area contributed by atoms with E-state index in [1.54, 1.807) is 0 Å². The fourth-order valence-corrected chi connectivity index (χ4v) is 2.58. The van der Waals surface area contributed by atoms with Crippen LogP contribution >= 0.6 is 7.82 Å². The molecule has 4 atom stereocenters. The van der Waals surface area contributed by atoms with Crippen LogP contribution in [0.3, 0.4) is 0 Å². The largest absolute Gasteiger partial charge is 0.469 e. The van der Waals surface area contributed by atoms with Gasteiger partial charge in [0.2, 0.25) is 0 Å². The predicted octanol–water partition coefficient (Wildman–Crippen LogP) is -2.13. The maximum atomic E-state index is 11.8. The molecule has 0 spiro atoms. The van der Waals surface area contributed by atoms with Crippen LogP contribution in [0.25, 0.3) is 0 Å². The van der Waals surface area contributed by atoms with Crippen LogP contribution in [0.15, 0.2) is 0 Å². The van der Waals surface area contributed by atoms with Gasteiger partial charge in [-0.15, -0.1) is 0 Å². The first-order valence-corrected chi connectivity index (χ1v) is 7.91. The van der Waals surface area contributed by atoms with Crippen molar-refractivity contribution < 1.29 is 43.4 Å². The van der Waals surface area contributed by atoms with Gasteiger partial charge in [0.1, 0.15) is 12.3 Å². The molecule has 0 radical (unpaired) electrons. The summed E-state index contributed by atoms with van der Waals surface area (Å²) in [6.45, 7) is 0.329. The normalized spacial score (nSPS) is 36.6. The van der Waals surface area contributed by atoms with Crippen LogP contribution in [0.2, 0.25) is 0 Å². The Morgan fingerprint density at radius 1 is 1.50 bits per heavy atom. The molecule has 2 aliphatic heterocycles. The summed E-state index contributed by atoms with van der Waals surface area (Å²) in [5.41, 5.74) is -1.80. The minimum Gasteiger partial charge on any atom is -0.390 e. The van der Waals surface area contributed by atoms with Crippen LogP contribution in [-0.2, 0) is 18.6 Å². The Balaban J connectivity index is 2.00. The van der Waals surface area contributed by atoms with E-state index in [4.69, 9.17) is 14.5 Å². The van der Waals surface area contributed by atoms with Gasteiger partial charge < -0.3 is 24.7 Å². The van der Waals surface area contributed by atoms with Gasteiger partial charge >= 0.3 is 13.9 Å². The van der Waals surface area contributed by atoms with Gasteiger partial charge in [-0.2, -0.15) is 0 Å². The number of phosphoric ester groups is 1. The van der Waals surface area contributed by atoms with Crippen molar-refractivity contribution in [3.63, 3.8) is 0 Å². The van der Waals surface area contributed by atoms with E-state index in [1.165, 1.54) is 6.92 Å². The second-order valence-electron chi connectivity index (χ2n) is 5.38. The quantitative estimate of drug-likeness (QED) is 0.359. The molecule has 0 saturated carbocycles. The van der Waals surface area contributed by atoms with Crippen molar-refractivity contribution in [3.05, 3.63) is 0 Å². The molecule has 2 fully saturated rings. The highest BCUT2D eigenvalue weighted by atomic mass is 31.2. The summed E-state index contributed by atoms with van der Waals surface area (Å²) in [7, 11) is -4.71. The Bertz CT molecular complexity index is 519. The molecule has 11 nitrogen and oxygen atoms in total. The second kappa shape index (κ2) is 5.85. The Hall–Kier alpha value is -1.07. The number of imide groups is 1. The van der Waals surface area contributed by atoms with Crippen molar-refractivity contribution in [1.29, 1.82) is 0 Å². The van der Waals surface area contributed by atoms with Gasteiger partial charge in [0.05, 0.1) is 19.3 Å². The molecule has 126 valence electrons. The summed E-state index contributed by atoms with van der Waals surface area (Å²) in [6.07, 6.45) is -3.17. The zero-order valence-corrected chi connectivity index (χ0v) is 12.5. The van der Waals surface area contributed by atoms with Crippen LogP contribution in [0.5, 0.6) is 0 Å². The maximum absolute atomic E-state index is 11.8. The molecule has 3 amide bonds. The third-order valence-electron chi connectivity index (χ3n) is 3.41.